The van der Waals surface area contributed by atoms with Crippen molar-refractivity contribution in [3.63, 3.8) is 0 Å². The van der Waals surface area contributed by atoms with Crippen molar-refractivity contribution in [1.82, 2.24) is 0 Å². The van der Waals surface area contributed by atoms with Gasteiger partial charge in [-0.15, -0.1) is 6.42 Å². The number of rotatable bonds is 5. The third-order valence-electron chi connectivity index (χ3n) is 3.83. The number of carbonyl (C=O) groups excluding carboxylic acids is 1. The van der Waals surface area contributed by atoms with Gasteiger partial charge in [0.05, 0.1) is 9.79 Å². The number of ether oxygens (including phenoxy) is 1. The number of hydrogen-bond acceptors (Lipinski definition) is 4. The summed E-state index contributed by atoms with van der Waals surface area (Å²) in [7, 11) is -3.67. The van der Waals surface area contributed by atoms with Gasteiger partial charge in [-0.2, -0.15) is 0 Å². The van der Waals surface area contributed by atoms with E-state index in [1.807, 2.05) is 6.92 Å². The molecule has 2 aromatic rings. The second kappa shape index (κ2) is 7.81. The second-order valence-corrected chi connectivity index (χ2v) is 8.11. The summed E-state index contributed by atoms with van der Waals surface area (Å²) >= 11 is 5.78. The molecule has 2 rings (SSSR count). The van der Waals surface area contributed by atoms with Crippen LogP contribution in [0.3, 0.4) is 0 Å². The zero-order valence-electron chi connectivity index (χ0n) is 14.3. The summed E-state index contributed by atoms with van der Waals surface area (Å²) in [6.45, 7) is 3.44. The molecule has 0 aliphatic rings. The van der Waals surface area contributed by atoms with Gasteiger partial charge in [0, 0.05) is 10.7 Å². The molecule has 7 heteroatoms. The fourth-order valence-electron chi connectivity index (χ4n) is 2.02. The zero-order valence-corrected chi connectivity index (χ0v) is 15.9. The van der Waals surface area contributed by atoms with Crippen LogP contribution in [0, 0.1) is 12.3 Å². The van der Waals surface area contributed by atoms with E-state index < -0.39 is 21.5 Å². The van der Waals surface area contributed by atoms with Gasteiger partial charge < -0.3 is 4.74 Å². The minimum Gasteiger partial charge on any atom is -0.430 e. The predicted molar refractivity (Wildman–Crippen MR) is 101 cm³/mol. The number of halogens is 1. The van der Waals surface area contributed by atoms with Gasteiger partial charge in [0.25, 0.3) is 0 Å². The number of nitrogens with one attached hydrogen (secondary N) is 1. The van der Waals surface area contributed by atoms with E-state index in [0.29, 0.717) is 17.1 Å². The molecule has 0 bridgehead atoms. The van der Waals surface area contributed by atoms with Crippen LogP contribution in [-0.4, -0.2) is 20.1 Å². The Bertz CT molecular complexity index is 931. The summed E-state index contributed by atoms with van der Waals surface area (Å²) in [6.07, 6.45) is 5.12. The third-order valence-corrected chi connectivity index (χ3v) is 5.87. The lowest BCUT2D eigenvalue weighted by atomic mass is 10.1. The van der Waals surface area contributed by atoms with Crippen LogP contribution in [0.4, 0.5) is 10.5 Å². The van der Waals surface area contributed by atoms with Crippen molar-refractivity contribution in [2.24, 2.45) is 0 Å². The minimum absolute atomic E-state index is 0.0979. The van der Waals surface area contributed by atoms with Crippen LogP contribution in [0.25, 0.3) is 0 Å². The first-order valence-electron chi connectivity index (χ1n) is 7.79. The van der Waals surface area contributed by atoms with Crippen molar-refractivity contribution in [2.75, 3.05) is 5.32 Å². The standard InChI is InChI=1S/C19H18ClNO4S/c1-4-19(3,5-2)25-18(22)21-15-8-12-17(13-9-15)26(23,24)16-10-6-14(20)7-11-16/h1,6-13H,5H2,2-3H3,(H,21,22). The van der Waals surface area contributed by atoms with Crippen LogP contribution in [0.15, 0.2) is 58.3 Å². The molecule has 0 aromatic heterocycles. The molecule has 1 amide bonds. The number of carbonyl (C=O) groups is 1. The molecule has 0 saturated heterocycles. The summed E-state index contributed by atoms with van der Waals surface area (Å²) in [5, 5.41) is 2.98. The number of anilines is 1. The molecule has 1 N–H and O–H groups in total. The lowest BCUT2D eigenvalue weighted by Gasteiger charge is -2.22. The summed E-state index contributed by atoms with van der Waals surface area (Å²) in [6, 6.07) is 11.7. The molecule has 5 nitrogen and oxygen atoms in total. The smallest absolute Gasteiger partial charge is 0.413 e. The summed E-state index contributed by atoms with van der Waals surface area (Å²) in [4.78, 5) is 12.2. The predicted octanol–water partition coefficient (Wildman–Crippen LogP) is 4.52. The van der Waals surface area contributed by atoms with E-state index in [0.717, 1.165) is 0 Å². The fourth-order valence-corrected chi connectivity index (χ4v) is 3.41. The lowest BCUT2D eigenvalue weighted by molar-refractivity contribution is 0.0750. The zero-order chi connectivity index (χ0) is 19.4. The van der Waals surface area contributed by atoms with Gasteiger partial charge in [0.15, 0.2) is 5.60 Å². The molecule has 26 heavy (non-hydrogen) atoms. The molecule has 1 unspecified atom stereocenters. The maximum atomic E-state index is 12.6. The average Bonchev–Trinajstić information content (AvgIpc) is 2.62. The Labute approximate surface area is 158 Å². The molecular weight excluding hydrogens is 374 g/mol. The van der Waals surface area contributed by atoms with Crippen molar-refractivity contribution in [1.29, 1.82) is 0 Å². The monoisotopic (exact) mass is 391 g/mol. The highest BCUT2D eigenvalue weighted by atomic mass is 35.5. The number of hydrogen-bond donors (Lipinski definition) is 1. The number of sulfone groups is 1. The highest BCUT2D eigenvalue weighted by Crippen LogP contribution is 2.24. The Balaban J connectivity index is 2.14. The van der Waals surface area contributed by atoms with Gasteiger partial charge >= 0.3 is 6.09 Å². The van der Waals surface area contributed by atoms with E-state index in [1.54, 1.807) is 6.92 Å². The average molecular weight is 392 g/mol. The number of terminal acetylenes is 1. The Morgan fingerprint density at radius 2 is 1.65 bits per heavy atom. The summed E-state index contributed by atoms with van der Waals surface area (Å²) < 4.78 is 30.3. The quantitative estimate of drug-likeness (QED) is 0.760. The van der Waals surface area contributed by atoms with Crippen molar-refractivity contribution in [3.05, 3.63) is 53.6 Å². The van der Waals surface area contributed by atoms with Crippen LogP contribution in [-0.2, 0) is 14.6 Å². The van der Waals surface area contributed by atoms with E-state index in [9.17, 15) is 13.2 Å². The molecule has 0 spiro atoms. The maximum absolute atomic E-state index is 12.6. The van der Waals surface area contributed by atoms with Crippen LogP contribution in [0.1, 0.15) is 20.3 Å². The normalized spacial score (nSPS) is 13.3. The van der Waals surface area contributed by atoms with Crippen LogP contribution in [0.2, 0.25) is 5.02 Å². The van der Waals surface area contributed by atoms with Crippen molar-refractivity contribution in [2.45, 2.75) is 35.7 Å². The molecular formula is C19H18ClNO4S. The largest absolute Gasteiger partial charge is 0.430 e. The minimum atomic E-state index is -3.67. The van der Waals surface area contributed by atoms with Crippen molar-refractivity contribution in [3.8, 4) is 12.3 Å². The second-order valence-electron chi connectivity index (χ2n) is 5.72. The SMILES string of the molecule is C#CC(C)(CC)OC(=O)Nc1ccc(S(=O)(=O)c2ccc(Cl)cc2)cc1. The number of benzene rings is 2. The van der Waals surface area contributed by atoms with Crippen molar-refractivity contribution >= 4 is 33.2 Å². The van der Waals surface area contributed by atoms with Gasteiger partial charge in [-0.05, 0) is 61.9 Å². The molecule has 1 atom stereocenters. The van der Waals surface area contributed by atoms with Crippen LogP contribution >= 0.6 is 11.6 Å². The lowest BCUT2D eigenvalue weighted by Crippen LogP contribution is -2.31. The number of amides is 1. The van der Waals surface area contributed by atoms with Crippen molar-refractivity contribution < 1.29 is 17.9 Å². The third kappa shape index (κ3) is 4.57. The van der Waals surface area contributed by atoms with Gasteiger partial charge in [0.2, 0.25) is 9.84 Å². The Kier molecular flexibility index (Phi) is 5.96. The molecule has 0 aliphatic heterocycles. The molecule has 0 saturated carbocycles. The van der Waals surface area contributed by atoms with Crippen LogP contribution < -0.4 is 5.32 Å². The molecule has 0 radical (unpaired) electrons. The van der Waals surface area contributed by atoms with E-state index in [2.05, 4.69) is 11.2 Å². The molecule has 2 aromatic carbocycles. The van der Waals surface area contributed by atoms with E-state index >= 15 is 0 Å². The summed E-state index contributed by atoms with van der Waals surface area (Å²) in [5.41, 5.74) is -0.609. The Morgan fingerprint density at radius 3 is 2.12 bits per heavy atom. The topological polar surface area (TPSA) is 72.5 Å². The highest BCUT2D eigenvalue weighted by molar-refractivity contribution is 7.91. The van der Waals surface area contributed by atoms with Crippen LogP contribution in [0.5, 0.6) is 0 Å². The van der Waals surface area contributed by atoms with Gasteiger partial charge in [-0.1, -0.05) is 24.4 Å². The molecule has 0 heterocycles. The molecule has 0 fully saturated rings. The summed E-state index contributed by atoms with van der Waals surface area (Å²) in [5.74, 6) is 2.42. The first-order chi connectivity index (χ1) is 12.2. The molecule has 136 valence electrons. The van der Waals surface area contributed by atoms with E-state index in [4.69, 9.17) is 22.8 Å². The first-order valence-corrected chi connectivity index (χ1v) is 9.65. The first kappa shape index (κ1) is 19.8. The van der Waals surface area contributed by atoms with E-state index in [1.165, 1.54) is 48.5 Å². The van der Waals surface area contributed by atoms with Gasteiger partial charge in [-0.25, -0.2) is 13.2 Å². The maximum Gasteiger partial charge on any atom is 0.413 e. The fraction of sp³-hybridized carbons (Fsp3) is 0.211. The van der Waals surface area contributed by atoms with Gasteiger partial charge in [0.1, 0.15) is 0 Å². The van der Waals surface area contributed by atoms with Gasteiger partial charge in [-0.3, -0.25) is 5.32 Å². The Morgan fingerprint density at radius 1 is 1.15 bits per heavy atom. The Hall–Kier alpha value is -2.49. The van der Waals surface area contributed by atoms with E-state index in [-0.39, 0.29) is 9.79 Å². The highest BCUT2D eigenvalue weighted by Gasteiger charge is 2.24. The molecule has 0 aliphatic carbocycles.